The average molecular weight is 260 g/mol. The quantitative estimate of drug-likeness (QED) is 0.916. The zero-order chi connectivity index (χ0) is 14.0. The van der Waals surface area contributed by atoms with E-state index >= 15 is 0 Å². The molecular weight excluding hydrogens is 240 g/mol. The molecule has 5 nitrogen and oxygen atoms in total. The molecule has 2 rings (SSSR count). The molecule has 2 heterocycles. The van der Waals surface area contributed by atoms with Crippen LogP contribution in [0.4, 0.5) is 0 Å². The first-order valence-electron chi connectivity index (χ1n) is 6.37. The van der Waals surface area contributed by atoms with Crippen LogP contribution in [0, 0.1) is 12.3 Å². The molecule has 0 radical (unpaired) electrons. The molecule has 0 bridgehead atoms. The molecule has 2 N–H and O–H groups in total. The highest BCUT2D eigenvalue weighted by molar-refractivity contribution is 5.57. The third kappa shape index (κ3) is 3.17. The summed E-state index contributed by atoms with van der Waals surface area (Å²) in [5, 5.41) is 4.01. The van der Waals surface area contributed by atoms with Crippen LogP contribution >= 0.6 is 0 Å². The summed E-state index contributed by atoms with van der Waals surface area (Å²) in [6.45, 7) is 8.27. The Kier molecular flexibility index (Phi) is 3.66. The molecule has 0 aromatic carbocycles. The highest BCUT2D eigenvalue weighted by Gasteiger charge is 2.23. The highest BCUT2D eigenvalue weighted by atomic mass is 16.5. The van der Waals surface area contributed by atoms with Crippen molar-refractivity contribution in [3.8, 4) is 11.4 Å². The maximum atomic E-state index is 6.12. The third-order valence-electron chi connectivity index (χ3n) is 3.24. The number of aromatic nitrogens is 3. The van der Waals surface area contributed by atoms with Crippen molar-refractivity contribution < 1.29 is 4.52 Å². The van der Waals surface area contributed by atoms with Crippen LogP contribution in [0.3, 0.4) is 0 Å². The van der Waals surface area contributed by atoms with Crippen molar-refractivity contribution in [3.05, 3.63) is 29.9 Å². The van der Waals surface area contributed by atoms with Crippen LogP contribution in [0.5, 0.6) is 0 Å². The van der Waals surface area contributed by atoms with E-state index in [9.17, 15) is 0 Å². The molecule has 0 aliphatic carbocycles. The summed E-state index contributed by atoms with van der Waals surface area (Å²) in [4.78, 5) is 8.46. The third-order valence-corrected chi connectivity index (χ3v) is 3.24. The van der Waals surface area contributed by atoms with Gasteiger partial charge in [0.25, 0.3) is 0 Å². The Morgan fingerprint density at radius 3 is 2.74 bits per heavy atom. The largest absolute Gasteiger partial charge is 0.339 e. The van der Waals surface area contributed by atoms with Crippen LogP contribution in [-0.2, 0) is 6.42 Å². The first-order valence-corrected chi connectivity index (χ1v) is 6.37. The van der Waals surface area contributed by atoms with Gasteiger partial charge in [-0.05, 0) is 24.0 Å². The van der Waals surface area contributed by atoms with Gasteiger partial charge in [-0.2, -0.15) is 4.98 Å². The lowest BCUT2D eigenvalue weighted by Gasteiger charge is -2.25. The summed E-state index contributed by atoms with van der Waals surface area (Å²) >= 11 is 0. The maximum Gasteiger partial charge on any atom is 0.228 e. The standard InChI is InChI=1S/C14H20N4O/c1-9-8-16-6-5-10(9)13-17-12(19-18-13)7-11(15)14(2,3)4/h5-6,8,11H,7,15H2,1-4H3. The normalized spacial score (nSPS) is 13.5. The van der Waals surface area contributed by atoms with E-state index in [2.05, 4.69) is 35.9 Å². The van der Waals surface area contributed by atoms with E-state index < -0.39 is 0 Å². The Hall–Kier alpha value is -1.75. The van der Waals surface area contributed by atoms with Gasteiger partial charge in [-0.3, -0.25) is 4.98 Å². The molecule has 0 aliphatic heterocycles. The van der Waals surface area contributed by atoms with Gasteiger partial charge in [0.15, 0.2) is 0 Å². The highest BCUT2D eigenvalue weighted by Crippen LogP contribution is 2.22. The van der Waals surface area contributed by atoms with E-state index in [-0.39, 0.29) is 11.5 Å². The van der Waals surface area contributed by atoms with Crippen molar-refractivity contribution in [1.82, 2.24) is 15.1 Å². The molecule has 19 heavy (non-hydrogen) atoms. The van der Waals surface area contributed by atoms with E-state index in [1.165, 1.54) is 0 Å². The van der Waals surface area contributed by atoms with Crippen LogP contribution in [0.15, 0.2) is 23.0 Å². The molecule has 2 aromatic rings. The second kappa shape index (κ2) is 5.09. The van der Waals surface area contributed by atoms with Crippen LogP contribution in [-0.4, -0.2) is 21.2 Å². The molecule has 0 fully saturated rings. The van der Waals surface area contributed by atoms with Gasteiger partial charge in [0, 0.05) is 30.4 Å². The smallest absolute Gasteiger partial charge is 0.228 e. The maximum absolute atomic E-state index is 6.12. The van der Waals surface area contributed by atoms with E-state index in [0.29, 0.717) is 18.1 Å². The Morgan fingerprint density at radius 1 is 1.37 bits per heavy atom. The predicted molar refractivity (Wildman–Crippen MR) is 73.4 cm³/mol. The minimum atomic E-state index is -0.0145. The van der Waals surface area contributed by atoms with E-state index in [4.69, 9.17) is 10.3 Å². The van der Waals surface area contributed by atoms with Gasteiger partial charge in [-0.1, -0.05) is 25.9 Å². The van der Waals surface area contributed by atoms with Crippen LogP contribution in [0.1, 0.15) is 32.2 Å². The molecule has 0 amide bonds. The molecule has 1 unspecified atom stereocenters. The lowest BCUT2D eigenvalue weighted by Crippen LogP contribution is -2.36. The van der Waals surface area contributed by atoms with Gasteiger partial charge >= 0.3 is 0 Å². The molecule has 1 atom stereocenters. The SMILES string of the molecule is Cc1cnccc1-c1noc(CC(N)C(C)(C)C)n1. The van der Waals surface area contributed by atoms with Gasteiger partial charge in [0.05, 0.1) is 0 Å². The second-order valence-corrected chi connectivity index (χ2v) is 5.88. The number of pyridine rings is 1. The fourth-order valence-corrected chi connectivity index (χ4v) is 1.67. The van der Waals surface area contributed by atoms with E-state index in [1.54, 1.807) is 12.4 Å². The van der Waals surface area contributed by atoms with Crippen molar-refractivity contribution >= 4 is 0 Å². The number of hydrogen-bond donors (Lipinski definition) is 1. The second-order valence-electron chi connectivity index (χ2n) is 5.88. The van der Waals surface area contributed by atoms with Gasteiger partial charge in [-0.25, -0.2) is 0 Å². The summed E-state index contributed by atoms with van der Waals surface area (Å²) in [5.41, 5.74) is 8.10. The van der Waals surface area contributed by atoms with Gasteiger partial charge in [-0.15, -0.1) is 0 Å². The van der Waals surface area contributed by atoms with Crippen LogP contribution in [0.25, 0.3) is 11.4 Å². The summed E-state index contributed by atoms with van der Waals surface area (Å²) < 4.78 is 5.28. The minimum Gasteiger partial charge on any atom is -0.339 e. The first kappa shape index (κ1) is 13.7. The number of nitrogens with zero attached hydrogens (tertiary/aromatic N) is 3. The number of hydrogen-bond acceptors (Lipinski definition) is 5. The molecule has 0 saturated carbocycles. The van der Waals surface area contributed by atoms with E-state index in [1.807, 2.05) is 13.0 Å². The molecule has 0 aliphatic rings. The topological polar surface area (TPSA) is 77.8 Å². The molecule has 2 aromatic heterocycles. The lowest BCUT2D eigenvalue weighted by atomic mass is 9.85. The summed E-state index contributed by atoms with van der Waals surface area (Å²) in [6.07, 6.45) is 4.09. The minimum absolute atomic E-state index is 0.0145. The molecule has 0 spiro atoms. The van der Waals surface area contributed by atoms with Crippen molar-refractivity contribution in [3.63, 3.8) is 0 Å². The van der Waals surface area contributed by atoms with E-state index in [0.717, 1.165) is 11.1 Å². The summed E-state index contributed by atoms with van der Waals surface area (Å²) in [5.74, 6) is 1.17. The summed E-state index contributed by atoms with van der Waals surface area (Å²) in [7, 11) is 0. The number of nitrogens with two attached hydrogens (primary N) is 1. The number of rotatable bonds is 3. The monoisotopic (exact) mass is 260 g/mol. The zero-order valence-electron chi connectivity index (χ0n) is 11.8. The fraction of sp³-hybridized carbons (Fsp3) is 0.500. The van der Waals surface area contributed by atoms with Crippen molar-refractivity contribution in [2.45, 2.75) is 40.2 Å². The fourth-order valence-electron chi connectivity index (χ4n) is 1.67. The predicted octanol–water partition coefficient (Wildman–Crippen LogP) is 2.36. The van der Waals surface area contributed by atoms with Gasteiger partial charge < -0.3 is 10.3 Å². The summed E-state index contributed by atoms with van der Waals surface area (Å²) in [6, 6.07) is 1.87. The van der Waals surface area contributed by atoms with Crippen molar-refractivity contribution in [2.24, 2.45) is 11.1 Å². The Bertz CT molecular complexity index is 557. The Morgan fingerprint density at radius 2 is 2.11 bits per heavy atom. The zero-order valence-corrected chi connectivity index (χ0v) is 11.8. The van der Waals surface area contributed by atoms with Gasteiger partial charge in [0.1, 0.15) is 0 Å². The molecule has 5 heteroatoms. The van der Waals surface area contributed by atoms with Crippen molar-refractivity contribution in [1.29, 1.82) is 0 Å². The first-order chi connectivity index (χ1) is 8.88. The van der Waals surface area contributed by atoms with Crippen LogP contribution in [0.2, 0.25) is 0 Å². The molecule has 102 valence electrons. The molecular formula is C14H20N4O. The van der Waals surface area contributed by atoms with Crippen molar-refractivity contribution in [2.75, 3.05) is 0 Å². The lowest BCUT2D eigenvalue weighted by molar-refractivity contribution is 0.286. The average Bonchev–Trinajstić information content (AvgIpc) is 2.76. The van der Waals surface area contributed by atoms with Gasteiger partial charge in [0.2, 0.25) is 11.7 Å². The number of aryl methyl sites for hydroxylation is 1. The Labute approximate surface area is 113 Å². The Balaban J connectivity index is 2.19. The van der Waals surface area contributed by atoms with Crippen LogP contribution < -0.4 is 5.73 Å². The molecule has 0 saturated heterocycles.